The number of primary amides is 1. The maximum atomic E-state index is 11.5. The molecule has 0 bridgehead atoms. The van der Waals surface area contributed by atoms with Gasteiger partial charge in [-0.05, 0) is 17.7 Å². The van der Waals surface area contributed by atoms with Gasteiger partial charge in [-0.2, -0.15) is 4.98 Å². The highest BCUT2D eigenvalue weighted by Crippen LogP contribution is 2.30. The first-order valence-corrected chi connectivity index (χ1v) is 7.16. The molecule has 1 aromatic heterocycles. The lowest BCUT2D eigenvalue weighted by molar-refractivity contribution is 0.0995. The van der Waals surface area contributed by atoms with Crippen LogP contribution in [0.3, 0.4) is 0 Å². The van der Waals surface area contributed by atoms with Crippen LogP contribution < -0.4 is 15.8 Å². The van der Waals surface area contributed by atoms with Crippen molar-refractivity contribution in [2.45, 2.75) is 6.61 Å². The minimum absolute atomic E-state index is 0.203. The highest BCUT2D eigenvalue weighted by molar-refractivity contribution is 6.33. The molecule has 0 atom stereocenters. The number of nitrogens with two attached hydrogens (primary N) is 1. The molecule has 0 aliphatic heterocycles. The Balaban J connectivity index is 2.39. The number of anilines is 2. The fraction of sp³-hybridized carbons (Fsp3) is 0.214. The van der Waals surface area contributed by atoms with Crippen LogP contribution in [0.1, 0.15) is 15.9 Å². The van der Waals surface area contributed by atoms with Crippen molar-refractivity contribution in [3.05, 3.63) is 39.5 Å². The number of rotatable bonds is 6. The van der Waals surface area contributed by atoms with Crippen LogP contribution in [0.5, 0.6) is 5.88 Å². The summed E-state index contributed by atoms with van der Waals surface area (Å²) in [4.78, 5) is 19.6. The average molecular weight is 357 g/mol. The SMILES string of the molecule is COCc1cc(Nc2ncc(Cl)c(OC)n2)c(Cl)cc1C(N)=O. The van der Waals surface area contributed by atoms with Crippen LogP contribution >= 0.6 is 23.2 Å². The van der Waals surface area contributed by atoms with Crippen molar-refractivity contribution in [1.82, 2.24) is 9.97 Å². The van der Waals surface area contributed by atoms with Gasteiger partial charge < -0.3 is 20.5 Å². The van der Waals surface area contributed by atoms with Gasteiger partial charge in [-0.3, -0.25) is 4.79 Å². The maximum absolute atomic E-state index is 11.5. The van der Waals surface area contributed by atoms with Crippen LogP contribution in [0.25, 0.3) is 0 Å². The topological polar surface area (TPSA) is 99.4 Å². The normalized spacial score (nSPS) is 10.4. The number of benzene rings is 1. The molecule has 122 valence electrons. The molecule has 0 saturated carbocycles. The minimum atomic E-state index is -0.588. The molecular weight excluding hydrogens is 343 g/mol. The molecule has 7 nitrogen and oxygen atoms in total. The number of methoxy groups -OCH3 is 2. The summed E-state index contributed by atoms with van der Waals surface area (Å²) in [6.45, 7) is 0.203. The van der Waals surface area contributed by atoms with E-state index in [1.807, 2.05) is 0 Å². The van der Waals surface area contributed by atoms with E-state index in [2.05, 4.69) is 15.3 Å². The first-order chi connectivity index (χ1) is 11.0. The van der Waals surface area contributed by atoms with Crippen LogP contribution in [-0.4, -0.2) is 30.1 Å². The monoisotopic (exact) mass is 356 g/mol. The molecule has 0 unspecified atom stereocenters. The second-order valence-corrected chi connectivity index (χ2v) is 5.28. The Bertz CT molecular complexity index is 740. The Labute approximate surface area is 142 Å². The number of hydrogen-bond donors (Lipinski definition) is 2. The van der Waals surface area contributed by atoms with Gasteiger partial charge in [0.1, 0.15) is 5.02 Å². The minimum Gasteiger partial charge on any atom is -0.480 e. The molecule has 1 aromatic carbocycles. The summed E-state index contributed by atoms with van der Waals surface area (Å²) >= 11 is 12.1. The second kappa shape index (κ2) is 7.45. The Morgan fingerprint density at radius 3 is 2.65 bits per heavy atom. The summed E-state index contributed by atoms with van der Waals surface area (Å²) in [5.41, 5.74) is 6.71. The van der Waals surface area contributed by atoms with Gasteiger partial charge in [0, 0.05) is 12.7 Å². The molecule has 0 aliphatic carbocycles. The number of hydrogen-bond acceptors (Lipinski definition) is 6. The van der Waals surface area contributed by atoms with Gasteiger partial charge in [-0.15, -0.1) is 0 Å². The van der Waals surface area contributed by atoms with Crippen molar-refractivity contribution in [3.8, 4) is 5.88 Å². The molecular formula is C14H14Cl2N4O3. The Morgan fingerprint density at radius 2 is 2.04 bits per heavy atom. The number of nitrogens with one attached hydrogen (secondary N) is 1. The maximum Gasteiger partial charge on any atom is 0.249 e. The number of halogens is 2. The molecule has 23 heavy (non-hydrogen) atoms. The highest BCUT2D eigenvalue weighted by Gasteiger charge is 2.14. The van der Waals surface area contributed by atoms with E-state index >= 15 is 0 Å². The number of aromatic nitrogens is 2. The van der Waals surface area contributed by atoms with E-state index in [-0.39, 0.29) is 34.0 Å². The fourth-order valence-corrected chi connectivity index (χ4v) is 2.27. The van der Waals surface area contributed by atoms with Crippen molar-refractivity contribution in [3.63, 3.8) is 0 Å². The van der Waals surface area contributed by atoms with E-state index in [4.69, 9.17) is 38.4 Å². The van der Waals surface area contributed by atoms with Crippen LogP contribution in [0, 0.1) is 0 Å². The first kappa shape index (κ1) is 17.3. The standard InChI is InChI=1S/C14H14Cl2N4O3/c1-22-6-7-3-11(9(15)4-8(7)12(17)21)19-14-18-5-10(16)13(20-14)23-2/h3-5H,6H2,1-2H3,(H2,17,21)(H,18,19,20). The third-order valence-electron chi connectivity index (χ3n) is 2.91. The summed E-state index contributed by atoms with van der Waals surface area (Å²) in [6.07, 6.45) is 1.40. The molecule has 1 amide bonds. The number of ether oxygens (including phenoxy) is 2. The lowest BCUT2D eigenvalue weighted by Crippen LogP contribution is -2.14. The Kier molecular flexibility index (Phi) is 5.59. The lowest BCUT2D eigenvalue weighted by atomic mass is 10.1. The van der Waals surface area contributed by atoms with E-state index in [0.29, 0.717) is 11.3 Å². The summed E-state index contributed by atoms with van der Waals surface area (Å²) in [6, 6.07) is 3.12. The summed E-state index contributed by atoms with van der Waals surface area (Å²) in [7, 11) is 2.96. The molecule has 0 radical (unpaired) electrons. The predicted molar refractivity (Wildman–Crippen MR) is 87.6 cm³/mol. The van der Waals surface area contributed by atoms with Gasteiger partial charge in [0.2, 0.25) is 17.7 Å². The van der Waals surface area contributed by atoms with E-state index in [0.717, 1.165) is 0 Å². The zero-order valence-electron chi connectivity index (χ0n) is 12.4. The molecule has 0 saturated heterocycles. The van der Waals surface area contributed by atoms with Crippen LogP contribution in [0.15, 0.2) is 18.3 Å². The van der Waals surface area contributed by atoms with Gasteiger partial charge in [0.15, 0.2) is 0 Å². The van der Waals surface area contributed by atoms with Crippen molar-refractivity contribution in [1.29, 1.82) is 0 Å². The van der Waals surface area contributed by atoms with E-state index in [1.165, 1.54) is 26.5 Å². The molecule has 2 rings (SSSR count). The van der Waals surface area contributed by atoms with Crippen molar-refractivity contribution in [2.75, 3.05) is 19.5 Å². The number of amides is 1. The van der Waals surface area contributed by atoms with E-state index in [9.17, 15) is 4.79 Å². The quantitative estimate of drug-likeness (QED) is 0.825. The van der Waals surface area contributed by atoms with Gasteiger partial charge >= 0.3 is 0 Å². The molecule has 2 aromatic rings. The summed E-state index contributed by atoms with van der Waals surface area (Å²) in [5.74, 6) is -0.121. The molecule has 0 aliphatic rings. The zero-order valence-corrected chi connectivity index (χ0v) is 13.9. The van der Waals surface area contributed by atoms with Crippen LogP contribution in [0.4, 0.5) is 11.6 Å². The molecule has 3 N–H and O–H groups in total. The molecule has 9 heteroatoms. The van der Waals surface area contributed by atoms with E-state index in [1.54, 1.807) is 6.07 Å². The Hall–Kier alpha value is -2.09. The summed E-state index contributed by atoms with van der Waals surface area (Å²) < 4.78 is 10.1. The average Bonchev–Trinajstić information content (AvgIpc) is 2.52. The largest absolute Gasteiger partial charge is 0.480 e. The van der Waals surface area contributed by atoms with Gasteiger partial charge in [0.05, 0.1) is 30.6 Å². The van der Waals surface area contributed by atoms with Crippen LogP contribution in [-0.2, 0) is 11.3 Å². The number of carbonyl (C=O) groups is 1. The Morgan fingerprint density at radius 1 is 1.30 bits per heavy atom. The van der Waals surface area contributed by atoms with Crippen LogP contribution in [0.2, 0.25) is 10.0 Å². The van der Waals surface area contributed by atoms with Crippen molar-refractivity contribution < 1.29 is 14.3 Å². The zero-order chi connectivity index (χ0) is 17.0. The number of nitrogens with zero attached hydrogens (tertiary/aromatic N) is 2. The van der Waals surface area contributed by atoms with E-state index < -0.39 is 5.91 Å². The highest BCUT2D eigenvalue weighted by atomic mass is 35.5. The lowest BCUT2D eigenvalue weighted by Gasteiger charge is -2.13. The van der Waals surface area contributed by atoms with Gasteiger partial charge in [0.25, 0.3) is 0 Å². The molecule has 0 spiro atoms. The van der Waals surface area contributed by atoms with Crippen molar-refractivity contribution in [2.24, 2.45) is 5.73 Å². The third-order valence-corrected chi connectivity index (χ3v) is 3.48. The van der Waals surface area contributed by atoms with Gasteiger partial charge in [-0.25, -0.2) is 4.98 Å². The molecule has 0 fully saturated rings. The third kappa shape index (κ3) is 4.01. The molecule has 1 heterocycles. The first-order valence-electron chi connectivity index (χ1n) is 6.41. The predicted octanol–water partition coefficient (Wildman–Crippen LogP) is 2.78. The van der Waals surface area contributed by atoms with Gasteiger partial charge in [-0.1, -0.05) is 23.2 Å². The van der Waals surface area contributed by atoms with Crippen molar-refractivity contribution >= 4 is 40.7 Å². The fourth-order valence-electron chi connectivity index (χ4n) is 1.89. The second-order valence-electron chi connectivity index (χ2n) is 4.46. The smallest absolute Gasteiger partial charge is 0.249 e. The summed E-state index contributed by atoms with van der Waals surface area (Å²) in [5, 5.41) is 3.51. The number of carbonyl (C=O) groups excluding carboxylic acids is 1.